The summed E-state index contributed by atoms with van der Waals surface area (Å²) in [4.78, 5) is 4.78. The molecule has 2 aliphatic rings. The molecule has 0 aromatic heterocycles. The molecule has 3 unspecified atom stereocenters. The highest BCUT2D eigenvalue weighted by Crippen LogP contribution is 2.38. The topological polar surface area (TPSA) is 6.48 Å². The van der Waals surface area contributed by atoms with Crippen molar-refractivity contribution in [2.75, 3.05) is 9.80 Å². The number of rotatable bonds is 8. The molecule has 2 aliphatic carbocycles. The molecule has 2 heteroatoms. The Hall–Kier alpha value is -5.34. The van der Waals surface area contributed by atoms with Gasteiger partial charge in [0.2, 0.25) is 0 Å². The maximum absolute atomic E-state index is 2.43. The first-order valence-electron chi connectivity index (χ1n) is 15.9. The highest BCUT2D eigenvalue weighted by Gasteiger charge is 2.23. The highest BCUT2D eigenvalue weighted by atomic mass is 15.2. The molecule has 45 heavy (non-hydrogen) atoms. The first-order chi connectivity index (χ1) is 22.2. The van der Waals surface area contributed by atoms with Crippen molar-refractivity contribution in [1.29, 1.82) is 0 Å². The summed E-state index contributed by atoms with van der Waals surface area (Å²) >= 11 is 0. The van der Waals surface area contributed by atoms with Gasteiger partial charge in [-0.15, -0.1) is 0 Å². The quantitative estimate of drug-likeness (QED) is 0.180. The van der Waals surface area contributed by atoms with Crippen molar-refractivity contribution in [3.63, 3.8) is 0 Å². The van der Waals surface area contributed by atoms with E-state index in [-0.39, 0.29) is 0 Å². The van der Waals surface area contributed by atoms with E-state index in [1.807, 2.05) is 0 Å². The molecule has 0 radical (unpaired) electrons. The lowest BCUT2D eigenvalue weighted by Crippen LogP contribution is -2.29. The summed E-state index contributed by atoms with van der Waals surface area (Å²) in [6, 6.07) is 50.4. The van der Waals surface area contributed by atoms with Crippen molar-refractivity contribution < 1.29 is 0 Å². The van der Waals surface area contributed by atoms with Crippen molar-refractivity contribution in [2.24, 2.45) is 5.92 Å². The van der Waals surface area contributed by atoms with Crippen molar-refractivity contribution in [1.82, 2.24) is 0 Å². The van der Waals surface area contributed by atoms with Gasteiger partial charge in [0.1, 0.15) is 0 Å². The van der Waals surface area contributed by atoms with E-state index in [0.717, 1.165) is 6.42 Å². The summed E-state index contributed by atoms with van der Waals surface area (Å²) < 4.78 is 0. The van der Waals surface area contributed by atoms with Gasteiger partial charge in [0.15, 0.2) is 0 Å². The number of allylic oxidation sites excluding steroid dienone is 5. The molecular weight excluding hydrogens is 544 g/mol. The third-order valence-corrected chi connectivity index (χ3v) is 8.86. The summed E-state index contributed by atoms with van der Waals surface area (Å²) in [6.45, 7) is 2.32. The number of hydrogen-bond acceptors (Lipinski definition) is 2. The Kier molecular flexibility index (Phi) is 8.29. The van der Waals surface area contributed by atoms with Crippen LogP contribution in [0.15, 0.2) is 188 Å². The minimum absolute atomic E-state index is 0.301. The fraction of sp³-hybridized carbons (Fsp3) is 0.116. The van der Waals surface area contributed by atoms with Gasteiger partial charge in [-0.05, 0) is 83.6 Å². The van der Waals surface area contributed by atoms with Gasteiger partial charge >= 0.3 is 0 Å². The van der Waals surface area contributed by atoms with Crippen LogP contribution < -0.4 is 9.80 Å². The van der Waals surface area contributed by atoms with Gasteiger partial charge in [-0.25, -0.2) is 0 Å². The molecule has 0 saturated heterocycles. The van der Waals surface area contributed by atoms with Crippen molar-refractivity contribution in [2.45, 2.75) is 25.3 Å². The van der Waals surface area contributed by atoms with Crippen LogP contribution in [-0.4, -0.2) is 6.04 Å². The van der Waals surface area contributed by atoms with Gasteiger partial charge < -0.3 is 9.80 Å². The summed E-state index contributed by atoms with van der Waals surface area (Å²) in [5, 5.41) is 0. The van der Waals surface area contributed by atoms with Crippen LogP contribution in [-0.2, 0) is 0 Å². The molecule has 0 heterocycles. The SMILES string of the molecule is CC1C=C(N(c2ccccc2)c2ccccc2)C=CC1c1ccc(-c2ccc(N(c3ccccc3)C3C=CC=CC3)cc2)cc1. The van der Waals surface area contributed by atoms with Gasteiger partial charge in [0.25, 0.3) is 0 Å². The second-order valence-corrected chi connectivity index (χ2v) is 11.8. The molecule has 0 bridgehead atoms. The van der Waals surface area contributed by atoms with E-state index >= 15 is 0 Å². The molecule has 7 rings (SSSR count). The molecule has 3 atom stereocenters. The third-order valence-electron chi connectivity index (χ3n) is 8.86. The average molecular weight is 583 g/mol. The zero-order valence-electron chi connectivity index (χ0n) is 25.7. The highest BCUT2D eigenvalue weighted by molar-refractivity contribution is 5.72. The van der Waals surface area contributed by atoms with Crippen LogP contribution >= 0.6 is 0 Å². The average Bonchev–Trinajstić information content (AvgIpc) is 3.11. The first kappa shape index (κ1) is 28.4. The summed E-state index contributed by atoms with van der Waals surface area (Å²) in [6.07, 6.45) is 16.9. The minimum atomic E-state index is 0.301. The molecule has 0 spiro atoms. The van der Waals surface area contributed by atoms with Crippen LogP contribution in [0.4, 0.5) is 22.7 Å². The second kappa shape index (κ2) is 13.1. The lowest BCUT2D eigenvalue weighted by Gasteiger charge is -2.32. The Bertz CT molecular complexity index is 1780. The van der Waals surface area contributed by atoms with E-state index in [1.165, 1.54) is 45.1 Å². The lowest BCUT2D eigenvalue weighted by molar-refractivity contribution is 0.628. The van der Waals surface area contributed by atoms with Crippen molar-refractivity contribution >= 4 is 22.7 Å². The van der Waals surface area contributed by atoms with Crippen LogP contribution in [0.5, 0.6) is 0 Å². The van der Waals surface area contributed by atoms with Gasteiger partial charge in [0, 0.05) is 34.4 Å². The third kappa shape index (κ3) is 6.18. The van der Waals surface area contributed by atoms with Crippen LogP contribution in [0.1, 0.15) is 24.8 Å². The Labute approximate surface area is 267 Å². The summed E-state index contributed by atoms with van der Waals surface area (Å²) in [5.41, 5.74) is 9.76. The Balaban J connectivity index is 1.10. The van der Waals surface area contributed by atoms with E-state index in [4.69, 9.17) is 0 Å². The standard InChI is InChI=1S/C43H38N2/c1-33-32-42(45(39-18-10-4-11-19-39)40-20-12-5-13-21-40)30-31-43(33)36-24-22-34(23-25-36)35-26-28-41(29-27-35)44(37-14-6-2-7-15-37)38-16-8-3-9-17-38/h2-16,18-33,38,43H,17H2,1H3. The first-order valence-corrected chi connectivity index (χ1v) is 15.9. The predicted octanol–water partition coefficient (Wildman–Crippen LogP) is 11.4. The molecule has 0 N–H and O–H groups in total. The molecule has 5 aromatic rings. The smallest absolute Gasteiger partial charge is 0.0559 e. The van der Waals surface area contributed by atoms with Gasteiger partial charge in [-0.3, -0.25) is 0 Å². The molecule has 0 amide bonds. The van der Waals surface area contributed by atoms with E-state index in [0.29, 0.717) is 17.9 Å². The van der Waals surface area contributed by atoms with Crippen LogP contribution in [0, 0.1) is 5.92 Å². The lowest BCUT2D eigenvalue weighted by atomic mass is 9.82. The number of hydrogen-bond donors (Lipinski definition) is 0. The molecule has 0 saturated carbocycles. The van der Waals surface area contributed by atoms with Gasteiger partial charge in [-0.2, -0.15) is 0 Å². The maximum atomic E-state index is 2.43. The number of benzene rings is 5. The number of anilines is 4. The second-order valence-electron chi connectivity index (χ2n) is 11.8. The Morgan fingerprint density at radius 1 is 0.533 bits per heavy atom. The normalized spacial score (nSPS) is 18.8. The van der Waals surface area contributed by atoms with Crippen molar-refractivity contribution in [3.8, 4) is 11.1 Å². The molecule has 220 valence electrons. The molecule has 5 aromatic carbocycles. The van der Waals surface area contributed by atoms with E-state index in [1.54, 1.807) is 0 Å². The fourth-order valence-electron chi connectivity index (χ4n) is 6.56. The Morgan fingerprint density at radius 2 is 1.07 bits per heavy atom. The maximum Gasteiger partial charge on any atom is 0.0559 e. The number of nitrogens with zero attached hydrogens (tertiary/aromatic N) is 2. The molecule has 2 nitrogen and oxygen atoms in total. The zero-order valence-corrected chi connectivity index (χ0v) is 25.7. The molecule has 0 fully saturated rings. The monoisotopic (exact) mass is 582 g/mol. The van der Waals surface area contributed by atoms with Gasteiger partial charge in [-0.1, -0.05) is 134 Å². The largest absolute Gasteiger partial charge is 0.334 e. The minimum Gasteiger partial charge on any atom is -0.334 e. The van der Waals surface area contributed by atoms with Gasteiger partial charge in [0.05, 0.1) is 6.04 Å². The molecular formula is C43H38N2. The van der Waals surface area contributed by atoms with Crippen LogP contribution in [0.25, 0.3) is 11.1 Å². The number of para-hydroxylation sites is 3. The Morgan fingerprint density at radius 3 is 1.60 bits per heavy atom. The predicted molar refractivity (Wildman–Crippen MR) is 191 cm³/mol. The van der Waals surface area contributed by atoms with E-state index < -0.39 is 0 Å². The summed E-state index contributed by atoms with van der Waals surface area (Å²) in [5.74, 6) is 0.688. The van der Waals surface area contributed by atoms with E-state index in [2.05, 4.69) is 199 Å². The summed E-state index contributed by atoms with van der Waals surface area (Å²) in [7, 11) is 0. The zero-order chi connectivity index (χ0) is 30.4. The van der Waals surface area contributed by atoms with E-state index in [9.17, 15) is 0 Å². The van der Waals surface area contributed by atoms with Crippen molar-refractivity contribution in [3.05, 3.63) is 193 Å². The van der Waals surface area contributed by atoms with Crippen LogP contribution in [0.2, 0.25) is 0 Å². The molecule has 0 aliphatic heterocycles. The fourth-order valence-corrected chi connectivity index (χ4v) is 6.56. The van der Waals surface area contributed by atoms with Crippen LogP contribution in [0.3, 0.4) is 0 Å².